The Balaban J connectivity index is 1.47. The van der Waals surface area contributed by atoms with E-state index in [4.69, 9.17) is 13.9 Å². The van der Waals surface area contributed by atoms with Gasteiger partial charge in [0, 0.05) is 23.0 Å². The van der Waals surface area contributed by atoms with E-state index in [2.05, 4.69) is 4.98 Å². The lowest BCUT2D eigenvalue weighted by molar-refractivity contribution is 0.0505. The largest absolute Gasteiger partial charge is 0.507 e. The van der Waals surface area contributed by atoms with Gasteiger partial charge < -0.3 is 24.0 Å². The van der Waals surface area contributed by atoms with Crippen LogP contribution in [0.4, 0.5) is 0 Å². The summed E-state index contributed by atoms with van der Waals surface area (Å²) in [5.74, 6) is -0.858. The molecule has 0 bridgehead atoms. The molecule has 2 N–H and O–H groups in total. The molecule has 2 heterocycles. The lowest BCUT2D eigenvalue weighted by atomic mass is 9.85. The number of methoxy groups -OCH3 is 1. The average Bonchev–Trinajstić information content (AvgIpc) is 3.37. The van der Waals surface area contributed by atoms with Crippen molar-refractivity contribution in [1.29, 1.82) is 0 Å². The van der Waals surface area contributed by atoms with Crippen molar-refractivity contribution < 1.29 is 23.8 Å². The highest BCUT2D eigenvalue weighted by Gasteiger charge is 2.30. The lowest BCUT2D eigenvalue weighted by Crippen LogP contribution is -2.17. The molecule has 6 rings (SSSR count). The molecule has 0 amide bonds. The van der Waals surface area contributed by atoms with E-state index in [1.807, 2.05) is 55.5 Å². The minimum Gasteiger partial charge on any atom is -0.507 e. The summed E-state index contributed by atoms with van der Waals surface area (Å²) < 4.78 is 16.7. The molecule has 6 aromatic rings. The highest BCUT2D eigenvalue weighted by Crippen LogP contribution is 2.41. The second kappa shape index (κ2) is 11.3. The molecule has 0 spiro atoms. The van der Waals surface area contributed by atoms with E-state index in [-0.39, 0.29) is 17.9 Å². The van der Waals surface area contributed by atoms with Crippen molar-refractivity contribution in [3.63, 3.8) is 0 Å². The van der Waals surface area contributed by atoms with Gasteiger partial charge in [0.2, 0.25) is 0 Å². The molecule has 2 aromatic heterocycles. The fraction of sp³-hybridized carbons (Fsp3) is 0.143. The summed E-state index contributed by atoms with van der Waals surface area (Å²) in [5, 5.41) is 12.9. The quantitative estimate of drug-likeness (QED) is 0.156. The third kappa shape index (κ3) is 4.90. The number of aromatic hydroxyl groups is 1. The van der Waals surface area contributed by atoms with Gasteiger partial charge in [0.25, 0.3) is 0 Å². The number of carbonyl (C=O) groups excluding carboxylic acids is 1. The second-order valence-electron chi connectivity index (χ2n) is 10.1. The summed E-state index contributed by atoms with van der Waals surface area (Å²) in [6, 6.07) is 29.5. The molecule has 0 radical (unpaired) electrons. The third-order valence-corrected chi connectivity index (χ3v) is 7.57. The molecule has 0 fully saturated rings. The van der Waals surface area contributed by atoms with Gasteiger partial charge in [-0.3, -0.25) is 0 Å². The molecule has 1 unspecified atom stereocenters. The summed E-state index contributed by atoms with van der Waals surface area (Å²) in [6.07, 6.45) is 0.363. The summed E-state index contributed by atoms with van der Waals surface area (Å²) in [6.45, 7) is 2.08. The zero-order chi connectivity index (χ0) is 29.2. The highest BCUT2D eigenvalue weighted by molar-refractivity contribution is 5.92. The Morgan fingerprint density at radius 2 is 1.60 bits per heavy atom. The summed E-state index contributed by atoms with van der Waals surface area (Å²) in [7, 11) is 1.51. The van der Waals surface area contributed by atoms with E-state index in [0.717, 1.165) is 27.6 Å². The molecule has 0 aliphatic carbocycles. The van der Waals surface area contributed by atoms with Gasteiger partial charge in [0.15, 0.2) is 0 Å². The van der Waals surface area contributed by atoms with E-state index in [9.17, 15) is 14.7 Å². The third-order valence-electron chi connectivity index (χ3n) is 7.57. The number of rotatable bonds is 8. The number of carbonyl (C=O) groups is 1. The van der Waals surface area contributed by atoms with Gasteiger partial charge in [0.1, 0.15) is 22.6 Å². The molecule has 7 heteroatoms. The fourth-order valence-corrected chi connectivity index (χ4v) is 5.51. The maximum absolute atomic E-state index is 13.5. The number of para-hydroxylation sites is 3. The number of nitrogens with one attached hydrogen (secondary N) is 1. The molecule has 210 valence electrons. The number of fused-ring (bicyclic) bond motifs is 2. The molecule has 42 heavy (non-hydrogen) atoms. The molecule has 0 saturated heterocycles. The van der Waals surface area contributed by atoms with Gasteiger partial charge in [-0.05, 0) is 48.4 Å². The molecule has 0 saturated carbocycles. The topological polar surface area (TPSA) is 102 Å². The first-order valence-electron chi connectivity index (χ1n) is 13.7. The zero-order valence-electron chi connectivity index (χ0n) is 23.2. The van der Waals surface area contributed by atoms with Crippen LogP contribution in [0.15, 0.2) is 106 Å². The standard InChI is InChI=1S/C35H29NO6/c1-21-15-17-22(18-16-21)30(31-33(37)25-10-4-8-14-29(25)42-35(31)39)32-24(23-9-3-6-12-27(23)36-32)19-20-41-34(38)26-11-5-7-13-28(26)40-2/h3-18,30,36-37H,19-20H2,1-2H3. The molecule has 0 aliphatic heterocycles. The Kier molecular flexibility index (Phi) is 7.23. The van der Waals surface area contributed by atoms with E-state index < -0.39 is 17.5 Å². The van der Waals surface area contributed by atoms with Crippen molar-refractivity contribution in [3.05, 3.63) is 141 Å². The van der Waals surface area contributed by atoms with Crippen LogP contribution in [0.2, 0.25) is 0 Å². The van der Waals surface area contributed by atoms with E-state index in [1.165, 1.54) is 7.11 Å². The second-order valence-corrected chi connectivity index (χ2v) is 10.1. The first kappa shape index (κ1) is 26.9. The van der Waals surface area contributed by atoms with Crippen LogP contribution in [0.5, 0.6) is 11.5 Å². The number of aryl methyl sites for hydroxylation is 1. The van der Waals surface area contributed by atoms with Crippen LogP contribution in [0.25, 0.3) is 21.9 Å². The van der Waals surface area contributed by atoms with Crippen molar-refractivity contribution in [2.75, 3.05) is 13.7 Å². The first-order valence-corrected chi connectivity index (χ1v) is 13.7. The lowest BCUT2D eigenvalue weighted by Gasteiger charge is -2.20. The predicted molar refractivity (Wildman–Crippen MR) is 162 cm³/mol. The number of hydrogen-bond acceptors (Lipinski definition) is 6. The maximum Gasteiger partial charge on any atom is 0.344 e. The molecular weight excluding hydrogens is 530 g/mol. The van der Waals surface area contributed by atoms with Crippen LogP contribution in [0, 0.1) is 6.92 Å². The number of benzene rings is 4. The minimum atomic E-state index is -0.682. The monoisotopic (exact) mass is 559 g/mol. The molecule has 1 atom stereocenters. The van der Waals surface area contributed by atoms with Crippen LogP contribution < -0.4 is 10.4 Å². The fourth-order valence-electron chi connectivity index (χ4n) is 5.51. The van der Waals surface area contributed by atoms with E-state index in [0.29, 0.717) is 34.4 Å². The molecule has 0 aliphatic rings. The van der Waals surface area contributed by atoms with Crippen LogP contribution >= 0.6 is 0 Å². The summed E-state index contributed by atoms with van der Waals surface area (Å²) in [4.78, 5) is 30.0. The van der Waals surface area contributed by atoms with Crippen molar-refractivity contribution in [3.8, 4) is 11.5 Å². The number of esters is 1. The Labute approximate surface area is 242 Å². The van der Waals surface area contributed by atoms with Crippen molar-refractivity contribution in [2.24, 2.45) is 0 Å². The smallest absolute Gasteiger partial charge is 0.344 e. The van der Waals surface area contributed by atoms with E-state index >= 15 is 0 Å². The zero-order valence-corrected chi connectivity index (χ0v) is 23.2. The minimum absolute atomic E-state index is 0.0880. The Morgan fingerprint density at radius 1 is 0.905 bits per heavy atom. The van der Waals surface area contributed by atoms with Crippen molar-refractivity contribution in [1.82, 2.24) is 4.98 Å². The average molecular weight is 560 g/mol. The Hall–Kier alpha value is -5.30. The molecule has 7 nitrogen and oxygen atoms in total. The van der Waals surface area contributed by atoms with Gasteiger partial charge in [-0.1, -0.05) is 72.3 Å². The predicted octanol–water partition coefficient (Wildman–Crippen LogP) is 6.88. The number of ether oxygens (including phenoxy) is 2. The summed E-state index contributed by atoms with van der Waals surface area (Å²) >= 11 is 0. The maximum atomic E-state index is 13.5. The van der Waals surface area contributed by atoms with Crippen LogP contribution in [0.1, 0.15) is 44.2 Å². The number of hydrogen-bond donors (Lipinski definition) is 2. The van der Waals surface area contributed by atoms with Crippen molar-refractivity contribution in [2.45, 2.75) is 19.3 Å². The number of H-pyrrole nitrogens is 1. The van der Waals surface area contributed by atoms with Gasteiger partial charge in [-0.15, -0.1) is 0 Å². The van der Waals surface area contributed by atoms with Crippen molar-refractivity contribution >= 4 is 27.8 Å². The Morgan fingerprint density at radius 3 is 2.38 bits per heavy atom. The van der Waals surface area contributed by atoms with Crippen LogP contribution in [-0.4, -0.2) is 29.8 Å². The SMILES string of the molecule is COc1ccccc1C(=O)OCCc1c(C(c2ccc(C)cc2)c2c(O)c3ccccc3oc2=O)[nH]c2ccccc12. The Bertz CT molecular complexity index is 1970. The molecule has 4 aromatic carbocycles. The van der Waals surface area contributed by atoms with Gasteiger partial charge >= 0.3 is 11.6 Å². The number of aromatic amines is 1. The normalized spacial score (nSPS) is 12.0. The first-order chi connectivity index (χ1) is 20.5. The number of aromatic nitrogens is 1. The van der Waals surface area contributed by atoms with Gasteiger partial charge in [-0.25, -0.2) is 9.59 Å². The van der Waals surface area contributed by atoms with Gasteiger partial charge in [-0.2, -0.15) is 0 Å². The van der Waals surface area contributed by atoms with Gasteiger partial charge in [0.05, 0.1) is 30.6 Å². The van der Waals surface area contributed by atoms with Crippen LogP contribution in [-0.2, 0) is 11.2 Å². The highest BCUT2D eigenvalue weighted by atomic mass is 16.5. The summed E-state index contributed by atoms with van der Waals surface area (Å²) in [5.41, 5.74) is 4.48. The van der Waals surface area contributed by atoms with E-state index in [1.54, 1.807) is 48.5 Å². The van der Waals surface area contributed by atoms with Crippen LogP contribution in [0.3, 0.4) is 0 Å². The molecular formula is C35H29NO6.